The van der Waals surface area contributed by atoms with Crippen LogP contribution in [-0.4, -0.2) is 41.1 Å². The third-order valence-corrected chi connectivity index (χ3v) is 3.01. The van der Waals surface area contributed by atoms with Gasteiger partial charge in [-0.2, -0.15) is 0 Å². The lowest BCUT2D eigenvalue weighted by Gasteiger charge is -2.27. The Balaban J connectivity index is 2.57. The van der Waals surface area contributed by atoms with Crippen molar-refractivity contribution in [1.82, 2.24) is 4.90 Å². The van der Waals surface area contributed by atoms with Crippen LogP contribution in [0.5, 0.6) is 5.75 Å². The van der Waals surface area contributed by atoms with E-state index < -0.39 is 5.97 Å². The second-order valence-electron chi connectivity index (χ2n) is 4.73. The molecule has 1 rings (SSSR count). The van der Waals surface area contributed by atoms with Crippen molar-refractivity contribution in [3.63, 3.8) is 0 Å². The second kappa shape index (κ2) is 7.53. The monoisotopic (exact) mass is 279 g/mol. The van der Waals surface area contributed by atoms with E-state index >= 15 is 0 Å². The van der Waals surface area contributed by atoms with Gasteiger partial charge in [-0.1, -0.05) is 12.1 Å². The number of benzene rings is 1. The number of carbonyl (C=O) groups is 2. The minimum absolute atomic E-state index is 0.0655. The Morgan fingerprint density at radius 3 is 2.65 bits per heavy atom. The molecular formula is C15H21NO4. The lowest BCUT2D eigenvalue weighted by Crippen LogP contribution is -2.42. The van der Waals surface area contributed by atoms with E-state index in [-0.39, 0.29) is 25.0 Å². The van der Waals surface area contributed by atoms with E-state index in [1.807, 2.05) is 32.0 Å². The van der Waals surface area contributed by atoms with Gasteiger partial charge in [0.1, 0.15) is 5.75 Å². The molecule has 0 spiro atoms. The summed E-state index contributed by atoms with van der Waals surface area (Å²) in [6, 6.07) is 7.11. The number of carbonyl (C=O) groups excluding carboxylic acids is 1. The molecule has 1 unspecified atom stereocenters. The summed E-state index contributed by atoms with van der Waals surface area (Å²) in [6.07, 6.45) is -0.0655. The highest BCUT2D eigenvalue weighted by Gasteiger charge is 2.20. The highest BCUT2D eigenvalue weighted by molar-refractivity contribution is 5.79. The van der Waals surface area contributed by atoms with Crippen LogP contribution in [-0.2, 0) is 9.59 Å². The van der Waals surface area contributed by atoms with Crippen molar-refractivity contribution >= 4 is 11.9 Å². The van der Waals surface area contributed by atoms with Gasteiger partial charge in [0.25, 0.3) is 5.91 Å². The zero-order valence-electron chi connectivity index (χ0n) is 12.1. The predicted molar refractivity (Wildman–Crippen MR) is 75.8 cm³/mol. The highest BCUT2D eigenvalue weighted by atomic mass is 16.5. The SMILES string of the molecule is CCN(C(=O)COc1cccc(C)c1)C(C)CC(=O)O. The van der Waals surface area contributed by atoms with Gasteiger partial charge >= 0.3 is 5.97 Å². The first-order valence-electron chi connectivity index (χ1n) is 6.64. The van der Waals surface area contributed by atoms with Crippen LogP contribution in [0.2, 0.25) is 0 Å². The van der Waals surface area contributed by atoms with Gasteiger partial charge in [-0.15, -0.1) is 0 Å². The van der Waals surface area contributed by atoms with Crippen molar-refractivity contribution in [2.24, 2.45) is 0 Å². The van der Waals surface area contributed by atoms with Crippen molar-refractivity contribution in [3.05, 3.63) is 29.8 Å². The van der Waals surface area contributed by atoms with Gasteiger partial charge in [0.2, 0.25) is 0 Å². The van der Waals surface area contributed by atoms with Crippen LogP contribution in [0.25, 0.3) is 0 Å². The summed E-state index contributed by atoms with van der Waals surface area (Å²) in [5, 5.41) is 8.78. The van der Waals surface area contributed by atoms with Gasteiger partial charge < -0.3 is 14.7 Å². The van der Waals surface area contributed by atoms with Crippen LogP contribution in [0.1, 0.15) is 25.8 Å². The molecule has 1 aromatic carbocycles. The number of carboxylic acid groups (broad SMARTS) is 1. The van der Waals surface area contributed by atoms with Gasteiger partial charge in [0.15, 0.2) is 6.61 Å². The molecule has 0 radical (unpaired) electrons. The number of likely N-dealkylation sites (N-methyl/N-ethyl adjacent to an activating group) is 1. The molecule has 1 amide bonds. The molecular weight excluding hydrogens is 258 g/mol. The second-order valence-corrected chi connectivity index (χ2v) is 4.73. The molecule has 20 heavy (non-hydrogen) atoms. The standard InChI is InChI=1S/C15H21NO4/c1-4-16(12(3)9-15(18)19)14(17)10-20-13-7-5-6-11(2)8-13/h5-8,12H,4,9-10H2,1-3H3,(H,18,19). The molecule has 1 N–H and O–H groups in total. The van der Waals surface area contributed by atoms with Crippen molar-refractivity contribution < 1.29 is 19.4 Å². The molecule has 0 heterocycles. The zero-order chi connectivity index (χ0) is 15.1. The molecule has 1 aromatic rings. The van der Waals surface area contributed by atoms with Crippen LogP contribution in [0, 0.1) is 6.92 Å². The van der Waals surface area contributed by atoms with Gasteiger partial charge in [0.05, 0.1) is 6.42 Å². The third kappa shape index (κ3) is 4.91. The first kappa shape index (κ1) is 16.0. The van der Waals surface area contributed by atoms with Crippen molar-refractivity contribution in [2.75, 3.05) is 13.2 Å². The summed E-state index contributed by atoms with van der Waals surface area (Å²) in [5.74, 6) is -0.480. The van der Waals surface area contributed by atoms with Crippen LogP contribution in [0.15, 0.2) is 24.3 Å². The predicted octanol–water partition coefficient (Wildman–Crippen LogP) is 2.09. The molecule has 0 aliphatic carbocycles. The Morgan fingerprint density at radius 2 is 2.10 bits per heavy atom. The van der Waals surface area contributed by atoms with E-state index in [1.54, 1.807) is 13.0 Å². The maximum absolute atomic E-state index is 12.1. The van der Waals surface area contributed by atoms with Gasteiger partial charge in [-0.05, 0) is 38.5 Å². The summed E-state index contributed by atoms with van der Waals surface area (Å²) >= 11 is 0. The minimum atomic E-state index is -0.914. The maximum Gasteiger partial charge on any atom is 0.305 e. The molecule has 0 aliphatic heterocycles. The van der Waals surface area contributed by atoms with Crippen molar-refractivity contribution in [2.45, 2.75) is 33.2 Å². The van der Waals surface area contributed by atoms with E-state index in [1.165, 1.54) is 4.90 Å². The molecule has 1 atom stereocenters. The number of ether oxygens (including phenoxy) is 1. The van der Waals surface area contributed by atoms with E-state index in [0.717, 1.165) is 5.56 Å². The van der Waals surface area contributed by atoms with Crippen molar-refractivity contribution in [3.8, 4) is 5.75 Å². The Bertz CT molecular complexity index is 473. The van der Waals surface area contributed by atoms with E-state index in [9.17, 15) is 9.59 Å². The summed E-state index contributed by atoms with van der Waals surface area (Å²) in [4.78, 5) is 24.3. The van der Waals surface area contributed by atoms with E-state index in [4.69, 9.17) is 9.84 Å². The Kier molecular flexibility index (Phi) is 6.03. The van der Waals surface area contributed by atoms with Crippen LogP contribution in [0.3, 0.4) is 0 Å². The fourth-order valence-corrected chi connectivity index (χ4v) is 2.03. The number of nitrogens with zero attached hydrogens (tertiary/aromatic N) is 1. The topological polar surface area (TPSA) is 66.8 Å². The zero-order valence-corrected chi connectivity index (χ0v) is 12.1. The van der Waals surface area contributed by atoms with E-state index in [2.05, 4.69) is 0 Å². The number of rotatable bonds is 7. The van der Waals surface area contributed by atoms with Crippen molar-refractivity contribution in [1.29, 1.82) is 0 Å². The smallest absolute Gasteiger partial charge is 0.305 e. The third-order valence-electron chi connectivity index (χ3n) is 3.01. The summed E-state index contributed by atoms with van der Waals surface area (Å²) in [7, 11) is 0. The summed E-state index contributed by atoms with van der Waals surface area (Å²) < 4.78 is 5.45. The molecule has 110 valence electrons. The fourth-order valence-electron chi connectivity index (χ4n) is 2.03. The largest absolute Gasteiger partial charge is 0.484 e. The van der Waals surface area contributed by atoms with Crippen LogP contribution < -0.4 is 4.74 Å². The first-order chi connectivity index (χ1) is 9.43. The fraction of sp³-hybridized carbons (Fsp3) is 0.467. The molecule has 0 aromatic heterocycles. The number of aryl methyl sites for hydroxylation is 1. The number of aliphatic carboxylic acids is 1. The van der Waals surface area contributed by atoms with Crippen LogP contribution >= 0.6 is 0 Å². The Labute approximate surface area is 119 Å². The lowest BCUT2D eigenvalue weighted by molar-refractivity contribution is -0.141. The summed E-state index contributed by atoms with van der Waals surface area (Å²) in [6.45, 7) is 5.87. The molecule has 0 saturated carbocycles. The average molecular weight is 279 g/mol. The molecule has 0 bridgehead atoms. The molecule has 5 heteroatoms. The normalized spacial score (nSPS) is 11.8. The minimum Gasteiger partial charge on any atom is -0.484 e. The first-order valence-corrected chi connectivity index (χ1v) is 6.64. The van der Waals surface area contributed by atoms with Gasteiger partial charge in [-0.25, -0.2) is 0 Å². The number of hydrogen-bond donors (Lipinski definition) is 1. The Morgan fingerprint density at radius 1 is 1.40 bits per heavy atom. The lowest BCUT2D eigenvalue weighted by atomic mass is 10.2. The average Bonchev–Trinajstić information content (AvgIpc) is 2.36. The quantitative estimate of drug-likeness (QED) is 0.830. The molecule has 5 nitrogen and oxygen atoms in total. The number of carboxylic acids is 1. The molecule has 0 saturated heterocycles. The van der Waals surface area contributed by atoms with Crippen LogP contribution in [0.4, 0.5) is 0 Å². The Hall–Kier alpha value is -2.04. The molecule has 0 aliphatic rings. The molecule has 0 fully saturated rings. The number of amides is 1. The van der Waals surface area contributed by atoms with Gasteiger partial charge in [0, 0.05) is 12.6 Å². The summed E-state index contributed by atoms with van der Waals surface area (Å²) in [5.41, 5.74) is 1.06. The number of hydrogen-bond acceptors (Lipinski definition) is 3. The highest BCUT2D eigenvalue weighted by Crippen LogP contribution is 2.13. The van der Waals surface area contributed by atoms with Gasteiger partial charge in [-0.3, -0.25) is 9.59 Å². The van der Waals surface area contributed by atoms with E-state index in [0.29, 0.717) is 12.3 Å². The maximum atomic E-state index is 12.1.